The van der Waals surface area contributed by atoms with Gasteiger partial charge in [0.15, 0.2) is 0 Å². The van der Waals surface area contributed by atoms with Crippen LogP contribution in [0.2, 0.25) is 0 Å². The number of hydrogen-bond acceptors (Lipinski definition) is 3. The first kappa shape index (κ1) is 13.9. The van der Waals surface area contributed by atoms with Crippen LogP contribution in [-0.4, -0.2) is 35.6 Å². The van der Waals surface area contributed by atoms with E-state index in [0.29, 0.717) is 6.42 Å². The fourth-order valence-electron chi connectivity index (χ4n) is 1.09. The molecule has 0 rings (SSSR count). The van der Waals surface area contributed by atoms with Crippen molar-refractivity contribution in [3.63, 3.8) is 0 Å². The Bertz CT molecular complexity index is 217. The molecule has 0 bridgehead atoms. The van der Waals surface area contributed by atoms with Crippen molar-refractivity contribution in [3.05, 3.63) is 0 Å². The van der Waals surface area contributed by atoms with Gasteiger partial charge in [0, 0.05) is 6.04 Å². The first-order valence-corrected chi connectivity index (χ1v) is 5.23. The molecule has 0 radical (unpaired) electrons. The van der Waals surface area contributed by atoms with Gasteiger partial charge in [-0.15, -0.1) is 0 Å². The second-order valence-electron chi connectivity index (χ2n) is 3.78. The van der Waals surface area contributed by atoms with Crippen molar-refractivity contribution in [1.82, 2.24) is 10.6 Å². The summed E-state index contributed by atoms with van der Waals surface area (Å²) in [6, 6.07) is -0.554. The van der Waals surface area contributed by atoms with Gasteiger partial charge in [-0.05, 0) is 6.42 Å². The minimum Gasteiger partial charge on any atom is -0.480 e. The van der Waals surface area contributed by atoms with E-state index >= 15 is 0 Å². The predicted molar refractivity (Wildman–Crippen MR) is 57.6 cm³/mol. The van der Waals surface area contributed by atoms with Crippen LogP contribution in [0.5, 0.6) is 0 Å². The van der Waals surface area contributed by atoms with Gasteiger partial charge in [0.05, 0.1) is 6.54 Å². The molecule has 0 heterocycles. The van der Waals surface area contributed by atoms with Crippen LogP contribution in [-0.2, 0) is 9.59 Å². The first-order chi connectivity index (χ1) is 6.97. The van der Waals surface area contributed by atoms with E-state index in [9.17, 15) is 9.59 Å². The lowest BCUT2D eigenvalue weighted by molar-refractivity contribution is -0.141. The molecular weight excluding hydrogens is 196 g/mol. The smallest absolute Gasteiger partial charge is 0.326 e. The maximum Gasteiger partial charge on any atom is 0.326 e. The molecule has 0 saturated heterocycles. The van der Waals surface area contributed by atoms with Gasteiger partial charge in [0.25, 0.3) is 0 Å². The van der Waals surface area contributed by atoms with E-state index in [-0.39, 0.29) is 18.5 Å². The normalized spacial score (nSPS) is 12.5. The zero-order chi connectivity index (χ0) is 11.8. The Morgan fingerprint density at radius 1 is 1.33 bits per heavy atom. The molecule has 0 spiro atoms. The Balaban J connectivity index is 3.94. The van der Waals surface area contributed by atoms with Gasteiger partial charge in [-0.3, -0.25) is 4.79 Å². The minimum atomic E-state index is -0.977. The molecule has 0 aromatic rings. The third-order valence-electron chi connectivity index (χ3n) is 1.88. The van der Waals surface area contributed by atoms with Gasteiger partial charge in [-0.25, -0.2) is 4.79 Å². The maximum atomic E-state index is 11.3. The average Bonchev–Trinajstić information content (AvgIpc) is 2.14. The van der Waals surface area contributed by atoms with Crippen LogP contribution in [0, 0.1) is 0 Å². The van der Waals surface area contributed by atoms with Crippen LogP contribution in [0.4, 0.5) is 0 Å². The highest BCUT2D eigenvalue weighted by Crippen LogP contribution is 1.96. The monoisotopic (exact) mass is 216 g/mol. The summed E-state index contributed by atoms with van der Waals surface area (Å²) < 4.78 is 0. The van der Waals surface area contributed by atoms with Crippen molar-refractivity contribution in [2.24, 2.45) is 0 Å². The molecule has 1 atom stereocenters. The number of aliphatic carboxylic acids is 1. The van der Waals surface area contributed by atoms with Gasteiger partial charge >= 0.3 is 5.97 Å². The summed E-state index contributed by atoms with van der Waals surface area (Å²) in [7, 11) is 0. The Kier molecular flexibility index (Phi) is 6.70. The summed E-state index contributed by atoms with van der Waals surface area (Å²) in [6.45, 7) is 5.89. The largest absolute Gasteiger partial charge is 0.480 e. The van der Waals surface area contributed by atoms with E-state index in [0.717, 1.165) is 6.42 Å². The zero-order valence-electron chi connectivity index (χ0n) is 9.54. The van der Waals surface area contributed by atoms with E-state index in [1.165, 1.54) is 0 Å². The summed E-state index contributed by atoms with van der Waals surface area (Å²) in [4.78, 5) is 22.0. The summed E-state index contributed by atoms with van der Waals surface area (Å²) in [5.41, 5.74) is 0. The number of carboxylic acids is 1. The van der Waals surface area contributed by atoms with Crippen molar-refractivity contribution in [2.75, 3.05) is 6.54 Å². The molecule has 0 saturated carbocycles. The molecule has 0 aliphatic heterocycles. The molecule has 88 valence electrons. The topological polar surface area (TPSA) is 78.4 Å². The van der Waals surface area contributed by atoms with Gasteiger partial charge in [0.2, 0.25) is 5.91 Å². The number of carboxylic acid groups (broad SMARTS) is 1. The molecule has 0 fully saturated rings. The number of amides is 1. The minimum absolute atomic E-state index is 0.158. The first-order valence-electron chi connectivity index (χ1n) is 5.23. The molecule has 3 N–H and O–H groups in total. The molecule has 0 unspecified atom stereocenters. The number of hydrogen-bond donors (Lipinski definition) is 3. The maximum absolute atomic E-state index is 11.3. The molecule has 5 nitrogen and oxygen atoms in total. The quantitative estimate of drug-likeness (QED) is 0.574. The lowest BCUT2D eigenvalue weighted by Crippen LogP contribution is -2.45. The summed E-state index contributed by atoms with van der Waals surface area (Å²) in [6.07, 6.45) is 1.19. The standard InChI is InChI=1S/C10H20N2O3/c1-4-5-8(10(14)15)12-9(13)6-11-7(2)3/h7-8,11H,4-6H2,1-3H3,(H,12,13)(H,14,15)/t8-/m1/s1. The Hall–Kier alpha value is -1.10. The van der Waals surface area contributed by atoms with Gasteiger partial charge < -0.3 is 15.7 Å². The SMILES string of the molecule is CCC[C@@H](NC(=O)CNC(C)C)C(=O)O. The number of carbonyl (C=O) groups is 2. The molecule has 0 aliphatic rings. The van der Waals surface area contributed by atoms with Crippen molar-refractivity contribution >= 4 is 11.9 Å². The highest BCUT2D eigenvalue weighted by Gasteiger charge is 2.18. The lowest BCUT2D eigenvalue weighted by Gasteiger charge is -2.14. The van der Waals surface area contributed by atoms with Crippen LogP contribution >= 0.6 is 0 Å². The van der Waals surface area contributed by atoms with Crippen LogP contribution < -0.4 is 10.6 Å². The molecule has 5 heteroatoms. The number of nitrogens with one attached hydrogen (secondary N) is 2. The van der Waals surface area contributed by atoms with Gasteiger partial charge in [-0.2, -0.15) is 0 Å². The highest BCUT2D eigenvalue weighted by atomic mass is 16.4. The van der Waals surface area contributed by atoms with Crippen molar-refractivity contribution in [3.8, 4) is 0 Å². The van der Waals surface area contributed by atoms with Crippen molar-refractivity contribution in [1.29, 1.82) is 0 Å². The predicted octanol–water partition coefficient (Wildman–Crippen LogP) is 0.354. The second kappa shape index (κ2) is 7.23. The van der Waals surface area contributed by atoms with Crippen LogP contribution in [0.1, 0.15) is 33.6 Å². The van der Waals surface area contributed by atoms with Crippen molar-refractivity contribution < 1.29 is 14.7 Å². The zero-order valence-corrected chi connectivity index (χ0v) is 9.54. The van der Waals surface area contributed by atoms with E-state index in [4.69, 9.17) is 5.11 Å². The third-order valence-corrected chi connectivity index (χ3v) is 1.88. The Morgan fingerprint density at radius 2 is 1.93 bits per heavy atom. The lowest BCUT2D eigenvalue weighted by atomic mass is 10.1. The fourth-order valence-corrected chi connectivity index (χ4v) is 1.09. The average molecular weight is 216 g/mol. The van der Waals surface area contributed by atoms with Crippen molar-refractivity contribution in [2.45, 2.75) is 45.7 Å². The highest BCUT2D eigenvalue weighted by molar-refractivity contribution is 5.84. The third kappa shape index (κ3) is 6.90. The summed E-state index contributed by atoms with van der Waals surface area (Å²) >= 11 is 0. The van der Waals surface area contributed by atoms with Crippen LogP contribution in [0.3, 0.4) is 0 Å². The van der Waals surface area contributed by atoms with E-state index in [1.54, 1.807) is 0 Å². The molecule has 0 aromatic carbocycles. The number of carbonyl (C=O) groups excluding carboxylic acids is 1. The molecule has 1 amide bonds. The van der Waals surface area contributed by atoms with Crippen LogP contribution in [0.25, 0.3) is 0 Å². The molecular formula is C10H20N2O3. The van der Waals surface area contributed by atoms with E-state index in [2.05, 4.69) is 10.6 Å². The Morgan fingerprint density at radius 3 is 2.33 bits per heavy atom. The number of rotatable bonds is 7. The second-order valence-corrected chi connectivity index (χ2v) is 3.78. The van der Waals surface area contributed by atoms with Gasteiger partial charge in [0.1, 0.15) is 6.04 Å². The van der Waals surface area contributed by atoms with E-state index in [1.807, 2.05) is 20.8 Å². The van der Waals surface area contributed by atoms with Gasteiger partial charge in [-0.1, -0.05) is 27.2 Å². The molecule has 15 heavy (non-hydrogen) atoms. The summed E-state index contributed by atoms with van der Waals surface area (Å²) in [5, 5.41) is 14.2. The van der Waals surface area contributed by atoms with E-state index < -0.39 is 12.0 Å². The Labute approximate surface area is 90.2 Å². The molecule has 0 aliphatic carbocycles. The molecule has 0 aromatic heterocycles. The summed E-state index contributed by atoms with van der Waals surface area (Å²) in [5.74, 6) is -1.25. The fraction of sp³-hybridized carbons (Fsp3) is 0.800. The van der Waals surface area contributed by atoms with Crippen LogP contribution in [0.15, 0.2) is 0 Å².